The molecule has 0 amide bonds. The van der Waals surface area contributed by atoms with Crippen LogP contribution < -0.4 is 0 Å². The molecule has 0 aliphatic carbocycles. The maximum absolute atomic E-state index is 12.9. The molecule has 3 atom stereocenters. The lowest BCUT2D eigenvalue weighted by molar-refractivity contribution is -0.161. The molecule has 0 aliphatic rings. The number of aliphatic hydroxyl groups is 1. The van der Waals surface area contributed by atoms with E-state index in [1.165, 1.54) is 141 Å². The maximum atomic E-state index is 12.9. The number of allylic oxidation sites excluding steroid dienone is 6. The second kappa shape index (κ2) is 53.0. The first-order chi connectivity index (χ1) is 34.2. The lowest BCUT2D eigenvalue weighted by Crippen LogP contribution is -2.30. The predicted octanol–water partition coefficient (Wildman–Crippen LogP) is 16.8. The molecule has 410 valence electrons. The van der Waals surface area contributed by atoms with Crippen LogP contribution in [0.15, 0.2) is 36.5 Å². The average molecular weight is 1010 g/mol. The molecule has 0 aliphatic heterocycles. The third kappa shape index (κ3) is 50.6. The number of hydrogen-bond donors (Lipinski definition) is 2. The first-order valence-electron chi connectivity index (χ1n) is 28.9. The average Bonchev–Trinajstić information content (AvgIpc) is 3.35. The van der Waals surface area contributed by atoms with E-state index in [1.807, 2.05) is 0 Å². The van der Waals surface area contributed by atoms with Crippen molar-refractivity contribution in [1.29, 1.82) is 0 Å². The summed E-state index contributed by atoms with van der Waals surface area (Å²) in [7, 11) is -4.75. The zero-order valence-corrected chi connectivity index (χ0v) is 46.1. The van der Waals surface area contributed by atoms with Crippen molar-refractivity contribution in [3.8, 4) is 0 Å². The minimum Gasteiger partial charge on any atom is -0.462 e. The van der Waals surface area contributed by atoms with Gasteiger partial charge < -0.3 is 24.2 Å². The molecule has 0 rings (SSSR count). The van der Waals surface area contributed by atoms with Gasteiger partial charge in [0.2, 0.25) is 0 Å². The highest BCUT2D eigenvalue weighted by molar-refractivity contribution is 7.47. The fourth-order valence-electron chi connectivity index (χ4n) is 8.20. The van der Waals surface area contributed by atoms with Crippen LogP contribution in [0.2, 0.25) is 0 Å². The lowest BCUT2D eigenvalue weighted by atomic mass is 10.0. The molecule has 0 spiro atoms. The number of carbonyl (C=O) groups is 3. The molecule has 0 saturated heterocycles. The Kier molecular flexibility index (Phi) is 51.3. The minimum atomic E-state index is -4.75. The predicted molar refractivity (Wildman–Crippen MR) is 289 cm³/mol. The highest BCUT2D eigenvalue weighted by Gasteiger charge is 2.28. The van der Waals surface area contributed by atoms with E-state index in [2.05, 4.69) is 57.2 Å². The van der Waals surface area contributed by atoms with E-state index in [9.17, 15) is 28.9 Å². The van der Waals surface area contributed by atoms with Gasteiger partial charge in [0.15, 0.2) is 6.10 Å². The van der Waals surface area contributed by atoms with Crippen LogP contribution in [-0.2, 0) is 42.2 Å². The summed E-state index contributed by atoms with van der Waals surface area (Å²) in [6, 6.07) is 0. The van der Waals surface area contributed by atoms with Crippen LogP contribution in [0, 0.1) is 0 Å². The monoisotopic (exact) mass is 1010 g/mol. The molecule has 0 fully saturated rings. The van der Waals surface area contributed by atoms with E-state index in [-0.39, 0.29) is 25.9 Å². The molecular formula is C58H107O11P. The van der Waals surface area contributed by atoms with Crippen molar-refractivity contribution >= 4 is 25.7 Å². The smallest absolute Gasteiger partial charge is 0.462 e. The fourth-order valence-corrected chi connectivity index (χ4v) is 8.98. The van der Waals surface area contributed by atoms with Crippen molar-refractivity contribution in [2.24, 2.45) is 0 Å². The summed E-state index contributed by atoms with van der Waals surface area (Å²) in [5, 5.41) is 9.80. The normalized spacial score (nSPS) is 13.6. The van der Waals surface area contributed by atoms with E-state index in [0.29, 0.717) is 19.3 Å². The third-order valence-electron chi connectivity index (χ3n) is 12.6. The number of rotatable bonds is 54. The number of unbranched alkanes of at least 4 members (excludes halogenated alkanes) is 31. The molecule has 2 N–H and O–H groups in total. The molecule has 0 aromatic carbocycles. The highest BCUT2D eigenvalue weighted by atomic mass is 31.2. The van der Waals surface area contributed by atoms with Crippen LogP contribution >= 0.6 is 7.82 Å². The Morgan fingerprint density at radius 3 is 1.14 bits per heavy atom. The summed E-state index contributed by atoms with van der Waals surface area (Å²) < 4.78 is 39.5. The molecule has 0 aromatic heterocycles. The van der Waals surface area contributed by atoms with Crippen molar-refractivity contribution < 1.29 is 52.2 Å². The Morgan fingerprint density at radius 1 is 0.414 bits per heavy atom. The van der Waals surface area contributed by atoms with Crippen LogP contribution in [0.3, 0.4) is 0 Å². The molecule has 0 bridgehead atoms. The largest absolute Gasteiger partial charge is 0.472 e. The Hall–Kier alpha value is -2.30. The van der Waals surface area contributed by atoms with Gasteiger partial charge in [0, 0.05) is 19.3 Å². The minimum absolute atomic E-state index is 0.136. The number of phosphoric acid groups is 1. The second-order valence-electron chi connectivity index (χ2n) is 19.4. The molecule has 3 unspecified atom stereocenters. The summed E-state index contributed by atoms with van der Waals surface area (Å²) in [5.41, 5.74) is 0. The first kappa shape index (κ1) is 67.7. The summed E-state index contributed by atoms with van der Waals surface area (Å²) in [6.45, 7) is 4.54. The molecular weight excluding hydrogens is 904 g/mol. The Balaban J connectivity index is 4.69. The third-order valence-corrected chi connectivity index (χ3v) is 13.5. The van der Waals surface area contributed by atoms with Crippen molar-refractivity contribution in [2.45, 2.75) is 290 Å². The van der Waals surface area contributed by atoms with Crippen LogP contribution in [-0.4, -0.2) is 66.5 Å². The zero-order chi connectivity index (χ0) is 51.3. The van der Waals surface area contributed by atoms with Crippen LogP contribution in [0.4, 0.5) is 0 Å². The molecule has 0 heterocycles. The second-order valence-corrected chi connectivity index (χ2v) is 20.9. The van der Waals surface area contributed by atoms with Gasteiger partial charge in [-0.05, 0) is 51.4 Å². The molecule has 11 nitrogen and oxygen atoms in total. The number of esters is 3. The van der Waals surface area contributed by atoms with Gasteiger partial charge in [-0.25, -0.2) is 4.57 Å². The van der Waals surface area contributed by atoms with E-state index in [4.69, 9.17) is 23.3 Å². The van der Waals surface area contributed by atoms with Crippen molar-refractivity contribution in [2.75, 3.05) is 26.4 Å². The first-order valence-corrected chi connectivity index (χ1v) is 30.4. The standard InChI is InChI=1S/C58H107O11P/c1-4-7-10-13-16-19-22-25-26-27-28-31-32-35-38-41-44-47-56(60)65-51-55(69-58(62)49-46-43-40-37-34-30-24-21-18-15-12-9-6-3)53-67-70(63,64)66-52-54(50-59)68-57(61)48-45-42-39-36-33-29-23-20-17-14-11-8-5-2/h9,12,18,21,30,34,54-55,59H,4-8,10-11,13-17,19-20,22-29,31-33,35-53H2,1-3H3,(H,63,64)/b12-9-,21-18-,34-30-. The van der Waals surface area contributed by atoms with Crippen LogP contribution in [0.5, 0.6) is 0 Å². The Morgan fingerprint density at radius 2 is 0.743 bits per heavy atom. The number of phosphoric ester groups is 1. The summed E-state index contributed by atoms with van der Waals surface area (Å²) in [4.78, 5) is 48.5. The SMILES string of the molecule is CC/C=C\C/C=C\C/C=C\CCCCCC(=O)OC(COC(=O)CCCCCCCCCCCCCCCCCCC)COP(=O)(O)OCC(CO)OC(=O)CCCCCCCCCCCCCCC. The van der Waals surface area contributed by atoms with E-state index in [1.54, 1.807) is 0 Å². The number of carbonyl (C=O) groups excluding carboxylic acids is 3. The van der Waals surface area contributed by atoms with Gasteiger partial charge in [-0.2, -0.15) is 0 Å². The molecule has 0 saturated carbocycles. The van der Waals surface area contributed by atoms with Gasteiger partial charge in [0.05, 0.1) is 19.8 Å². The Labute approximate surface area is 429 Å². The molecule has 12 heteroatoms. The summed E-state index contributed by atoms with van der Waals surface area (Å²) in [6.07, 6.45) is 53.9. The van der Waals surface area contributed by atoms with Gasteiger partial charge >= 0.3 is 25.7 Å². The van der Waals surface area contributed by atoms with Crippen LogP contribution in [0.25, 0.3) is 0 Å². The quantitative estimate of drug-likeness (QED) is 0.0197. The number of aliphatic hydroxyl groups excluding tert-OH is 1. The van der Waals surface area contributed by atoms with E-state index >= 15 is 0 Å². The molecule has 0 aromatic rings. The van der Waals surface area contributed by atoms with E-state index < -0.39 is 57.8 Å². The van der Waals surface area contributed by atoms with Crippen molar-refractivity contribution in [3.05, 3.63) is 36.5 Å². The summed E-state index contributed by atoms with van der Waals surface area (Å²) in [5.74, 6) is -1.48. The van der Waals surface area contributed by atoms with Crippen LogP contribution in [0.1, 0.15) is 278 Å². The topological polar surface area (TPSA) is 155 Å². The Bertz CT molecular complexity index is 1320. The van der Waals surface area contributed by atoms with Gasteiger partial charge in [-0.1, -0.05) is 243 Å². The molecule has 0 radical (unpaired) electrons. The van der Waals surface area contributed by atoms with E-state index in [0.717, 1.165) is 77.0 Å². The highest BCUT2D eigenvalue weighted by Crippen LogP contribution is 2.43. The zero-order valence-electron chi connectivity index (χ0n) is 45.2. The lowest BCUT2D eigenvalue weighted by Gasteiger charge is -2.21. The number of hydrogen-bond acceptors (Lipinski definition) is 10. The maximum Gasteiger partial charge on any atom is 0.472 e. The van der Waals surface area contributed by atoms with Crippen molar-refractivity contribution in [3.63, 3.8) is 0 Å². The van der Waals surface area contributed by atoms with Crippen molar-refractivity contribution in [1.82, 2.24) is 0 Å². The van der Waals surface area contributed by atoms with Gasteiger partial charge in [0.1, 0.15) is 12.7 Å². The van der Waals surface area contributed by atoms with Gasteiger partial charge in [-0.15, -0.1) is 0 Å². The van der Waals surface area contributed by atoms with Gasteiger partial charge in [-0.3, -0.25) is 23.4 Å². The number of ether oxygens (including phenoxy) is 3. The molecule has 70 heavy (non-hydrogen) atoms. The fraction of sp³-hybridized carbons (Fsp3) is 0.845. The van der Waals surface area contributed by atoms with Gasteiger partial charge in [0.25, 0.3) is 0 Å². The summed E-state index contributed by atoms with van der Waals surface area (Å²) >= 11 is 0.